The number of hydrogen-bond acceptors (Lipinski definition) is 4. The number of alkyl halides is 2. The normalized spacial score (nSPS) is 17.7. The predicted molar refractivity (Wildman–Crippen MR) is 105 cm³/mol. The molecule has 0 amide bonds. The number of halogens is 3. The van der Waals surface area contributed by atoms with Crippen molar-refractivity contribution in [3.8, 4) is 22.6 Å². The fourth-order valence-corrected chi connectivity index (χ4v) is 3.35. The first-order chi connectivity index (χ1) is 13.8. The van der Waals surface area contributed by atoms with Crippen LogP contribution in [0.3, 0.4) is 0 Å². The van der Waals surface area contributed by atoms with E-state index in [1.54, 1.807) is 11.0 Å². The Labute approximate surface area is 168 Å². The highest BCUT2D eigenvalue weighted by Gasteiger charge is 2.34. The van der Waals surface area contributed by atoms with E-state index in [1.807, 2.05) is 31.2 Å². The van der Waals surface area contributed by atoms with Crippen LogP contribution in [0.2, 0.25) is 0 Å². The van der Waals surface area contributed by atoms with Gasteiger partial charge >= 0.3 is 0 Å². The molecule has 3 rings (SSSR count). The van der Waals surface area contributed by atoms with Crippen LogP contribution in [0.15, 0.2) is 42.5 Å². The summed E-state index contributed by atoms with van der Waals surface area (Å²) in [5.41, 5.74) is 1.42. The lowest BCUT2D eigenvalue weighted by Gasteiger charge is -2.32. The lowest BCUT2D eigenvalue weighted by atomic mass is 10.0. The van der Waals surface area contributed by atoms with Crippen LogP contribution in [-0.4, -0.2) is 54.9 Å². The molecular formula is C22H26F3NO3. The SMILES string of the molecule is CCOc1cccc(-c2cc(F)cc(OCC(O)CN3CCC(F)(F)CC3)c2)c1. The summed E-state index contributed by atoms with van der Waals surface area (Å²) in [5, 5.41) is 10.2. The molecule has 7 heteroatoms. The van der Waals surface area contributed by atoms with Crippen LogP contribution in [-0.2, 0) is 0 Å². The number of ether oxygens (including phenoxy) is 2. The summed E-state index contributed by atoms with van der Waals surface area (Å²) in [7, 11) is 0. The lowest BCUT2D eigenvalue weighted by Crippen LogP contribution is -2.44. The van der Waals surface area contributed by atoms with Gasteiger partial charge in [-0.25, -0.2) is 13.2 Å². The van der Waals surface area contributed by atoms with Gasteiger partial charge in [-0.05, 0) is 42.3 Å². The summed E-state index contributed by atoms with van der Waals surface area (Å²) in [4.78, 5) is 1.79. The van der Waals surface area contributed by atoms with E-state index < -0.39 is 17.8 Å². The molecule has 1 N–H and O–H groups in total. The van der Waals surface area contributed by atoms with Crippen LogP contribution in [0.4, 0.5) is 13.2 Å². The number of aliphatic hydroxyl groups excluding tert-OH is 1. The molecule has 2 aromatic carbocycles. The van der Waals surface area contributed by atoms with Crippen LogP contribution < -0.4 is 9.47 Å². The second kappa shape index (κ2) is 9.50. The maximum atomic E-state index is 14.1. The van der Waals surface area contributed by atoms with Gasteiger partial charge in [0.2, 0.25) is 0 Å². The van der Waals surface area contributed by atoms with Crippen molar-refractivity contribution >= 4 is 0 Å². The van der Waals surface area contributed by atoms with Crippen molar-refractivity contribution < 1.29 is 27.8 Å². The third-order valence-electron chi connectivity index (χ3n) is 4.85. The molecule has 1 atom stereocenters. The fourth-order valence-electron chi connectivity index (χ4n) is 3.35. The predicted octanol–water partition coefficient (Wildman–Crippen LogP) is 4.36. The molecule has 4 nitrogen and oxygen atoms in total. The van der Waals surface area contributed by atoms with Gasteiger partial charge in [0.05, 0.1) is 6.61 Å². The molecule has 1 saturated heterocycles. The second-order valence-electron chi connectivity index (χ2n) is 7.26. The molecule has 0 saturated carbocycles. The van der Waals surface area contributed by atoms with Crippen molar-refractivity contribution in [2.24, 2.45) is 0 Å². The van der Waals surface area contributed by atoms with E-state index in [2.05, 4.69) is 0 Å². The average Bonchev–Trinajstić information content (AvgIpc) is 2.68. The molecule has 158 valence electrons. The Kier molecular flexibility index (Phi) is 7.03. The van der Waals surface area contributed by atoms with Crippen molar-refractivity contribution in [3.63, 3.8) is 0 Å². The molecule has 1 aliphatic rings. The second-order valence-corrected chi connectivity index (χ2v) is 7.26. The van der Waals surface area contributed by atoms with E-state index in [9.17, 15) is 18.3 Å². The largest absolute Gasteiger partial charge is 0.494 e. The molecule has 1 heterocycles. The number of piperidine rings is 1. The number of rotatable bonds is 8. The molecular weight excluding hydrogens is 383 g/mol. The molecule has 29 heavy (non-hydrogen) atoms. The number of nitrogens with zero attached hydrogens (tertiary/aromatic N) is 1. The molecule has 1 fully saturated rings. The van der Waals surface area contributed by atoms with Gasteiger partial charge in [-0.15, -0.1) is 0 Å². The monoisotopic (exact) mass is 409 g/mol. The Morgan fingerprint density at radius 1 is 1.03 bits per heavy atom. The minimum Gasteiger partial charge on any atom is -0.494 e. The van der Waals surface area contributed by atoms with Crippen molar-refractivity contribution in [2.45, 2.75) is 31.8 Å². The van der Waals surface area contributed by atoms with Gasteiger partial charge in [0.1, 0.15) is 30.0 Å². The molecule has 0 aliphatic carbocycles. The molecule has 1 aliphatic heterocycles. The van der Waals surface area contributed by atoms with Gasteiger partial charge in [-0.3, -0.25) is 0 Å². The number of likely N-dealkylation sites (tertiary alicyclic amines) is 1. The Balaban J connectivity index is 1.59. The zero-order chi connectivity index (χ0) is 20.9. The van der Waals surface area contributed by atoms with Gasteiger partial charge in [0.25, 0.3) is 5.92 Å². The standard InChI is InChI=1S/C22H26F3NO3/c1-2-28-20-5-3-4-16(11-20)17-10-18(23)13-21(12-17)29-15-19(27)14-26-8-6-22(24,25)7-9-26/h3-5,10-13,19,27H,2,6-9,14-15H2,1H3. The highest BCUT2D eigenvalue weighted by Crippen LogP contribution is 2.29. The van der Waals surface area contributed by atoms with E-state index >= 15 is 0 Å². The first-order valence-electron chi connectivity index (χ1n) is 9.79. The molecule has 0 bridgehead atoms. The molecule has 1 unspecified atom stereocenters. The zero-order valence-corrected chi connectivity index (χ0v) is 16.4. The fraction of sp³-hybridized carbons (Fsp3) is 0.455. The molecule has 2 aromatic rings. The number of benzene rings is 2. The Morgan fingerprint density at radius 3 is 2.48 bits per heavy atom. The minimum absolute atomic E-state index is 0.0469. The number of β-amino-alcohol motifs (C(OH)–C–C–N with tert-alkyl or cyclic N) is 1. The summed E-state index contributed by atoms with van der Waals surface area (Å²) in [6.45, 7) is 3.10. The van der Waals surface area contributed by atoms with Crippen molar-refractivity contribution in [2.75, 3.05) is 32.8 Å². The molecule has 0 radical (unpaired) electrons. The summed E-state index contributed by atoms with van der Waals surface area (Å²) in [6, 6.07) is 11.7. The van der Waals surface area contributed by atoms with Crippen molar-refractivity contribution in [1.82, 2.24) is 4.90 Å². The van der Waals surface area contributed by atoms with Gasteiger partial charge in [-0.2, -0.15) is 0 Å². The van der Waals surface area contributed by atoms with Gasteiger partial charge in [0.15, 0.2) is 0 Å². The third kappa shape index (κ3) is 6.37. The van der Waals surface area contributed by atoms with Crippen LogP contribution in [0.1, 0.15) is 19.8 Å². The zero-order valence-electron chi connectivity index (χ0n) is 16.4. The van der Waals surface area contributed by atoms with E-state index in [0.29, 0.717) is 23.7 Å². The number of hydrogen-bond donors (Lipinski definition) is 1. The van der Waals surface area contributed by atoms with E-state index in [4.69, 9.17) is 9.47 Å². The minimum atomic E-state index is -2.62. The van der Waals surface area contributed by atoms with Crippen LogP contribution >= 0.6 is 0 Å². The summed E-state index contributed by atoms with van der Waals surface area (Å²) in [5.74, 6) is -2.08. The molecule has 0 aromatic heterocycles. The highest BCUT2D eigenvalue weighted by molar-refractivity contribution is 5.66. The van der Waals surface area contributed by atoms with Gasteiger partial charge in [-0.1, -0.05) is 12.1 Å². The Morgan fingerprint density at radius 2 is 1.76 bits per heavy atom. The topological polar surface area (TPSA) is 41.9 Å². The average molecular weight is 409 g/mol. The van der Waals surface area contributed by atoms with Crippen molar-refractivity contribution in [3.05, 3.63) is 48.3 Å². The van der Waals surface area contributed by atoms with Gasteiger partial charge < -0.3 is 19.5 Å². The van der Waals surface area contributed by atoms with E-state index in [0.717, 1.165) is 5.56 Å². The highest BCUT2D eigenvalue weighted by atomic mass is 19.3. The van der Waals surface area contributed by atoms with Gasteiger partial charge in [0, 0.05) is 38.5 Å². The summed E-state index contributed by atoms with van der Waals surface area (Å²) in [6.07, 6.45) is -1.25. The Hall–Kier alpha value is -2.25. The number of aliphatic hydroxyl groups is 1. The summed E-state index contributed by atoms with van der Waals surface area (Å²) < 4.78 is 51.6. The van der Waals surface area contributed by atoms with E-state index in [-0.39, 0.29) is 39.1 Å². The van der Waals surface area contributed by atoms with E-state index in [1.165, 1.54) is 12.1 Å². The first-order valence-corrected chi connectivity index (χ1v) is 9.79. The quantitative estimate of drug-likeness (QED) is 0.703. The van der Waals surface area contributed by atoms with Crippen LogP contribution in [0, 0.1) is 5.82 Å². The maximum absolute atomic E-state index is 14.1. The van der Waals surface area contributed by atoms with Crippen LogP contribution in [0.25, 0.3) is 11.1 Å². The van der Waals surface area contributed by atoms with Crippen molar-refractivity contribution in [1.29, 1.82) is 0 Å². The molecule has 0 spiro atoms. The summed E-state index contributed by atoms with van der Waals surface area (Å²) >= 11 is 0. The lowest BCUT2D eigenvalue weighted by molar-refractivity contribution is -0.0628. The third-order valence-corrected chi connectivity index (χ3v) is 4.85. The Bertz CT molecular complexity index is 806. The maximum Gasteiger partial charge on any atom is 0.250 e. The first kappa shape index (κ1) is 21.5. The smallest absolute Gasteiger partial charge is 0.250 e. The van der Waals surface area contributed by atoms with Crippen LogP contribution in [0.5, 0.6) is 11.5 Å².